The lowest BCUT2D eigenvalue weighted by atomic mass is 9.82. The number of hydrogen-bond acceptors (Lipinski definition) is 3. The summed E-state index contributed by atoms with van der Waals surface area (Å²) < 4.78 is 0. The second-order valence-electron chi connectivity index (χ2n) is 7.04. The Hall–Kier alpha value is -0.610. The predicted molar refractivity (Wildman–Crippen MR) is 71.9 cm³/mol. The number of carbonyl (C=O) groups is 1. The second kappa shape index (κ2) is 4.45. The second-order valence-corrected chi connectivity index (χ2v) is 7.04. The lowest BCUT2D eigenvalue weighted by Gasteiger charge is -2.49. The highest BCUT2D eigenvalue weighted by Gasteiger charge is 2.52. The van der Waals surface area contributed by atoms with E-state index in [0.717, 1.165) is 25.4 Å². The van der Waals surface area contributed by atoms with E-state index < -0.39 is 5.97 Å². The largest absolute Gasteiger partial charge is 0.480 e. The first-order valence-electron chi connectivity index (χ1n) is 7.95. The maximum atomic E-state index is 11.7. The molecule has 4 atom stereocenters. The number of rotatable bonds is 2. The molecule has 4 heterocycles. The molecular formula is C15H24N2O2. The molecule has 4 aliphatic heterocycles. The molecule has 0 amide bonds. The van der Waals surface area contributed by atoms with Crippen molar-refractivity contribution in [2.24, 2.45) is 17.8 Å². The van der Waals surface area contributed by atoms with Gasteiger partial charge in [-0.2, -0.15) is 0 Å². The minimum atomic E-state index is -0.564. The smallest absolute Gasteiger partial charge is 0.321 e. The average Bonchev–Trinajstić information content (AvgIpc) is 2.99. The monoisotopic (exact) mass is 264 g/mol. The molecule has 0 radical (unpaired) electrons. The quantitative estimate of drug-likeness (QED) is 0.815. The van der Waals surface area contributed by atoms with Crippen LogP contribution in [0.5, 0.6) is 0 Å². The van der Waals surface area contributed by atoms with Crippen molar-refractivity contribution >= 4 is 5.97 Å². The molecule has 1 aliphatic carbocycles. The molecule has 4 saturated heterocycles. The van der Waals surface area contributed by atoms with Gasteiger partial charge >= 0.3 is 5.97 Å². The maximum absolute atomic E-state index is 11.7. The SMILES string of the molecule is O=C(O)C1C2CCCC2CN1C1CN2CCC1CC2. The minimum absolute atomic E-state index is 0.182. The molecule has 106 valence electrons. The zero-order valence-corrected chi connectivity index (χ0v) is 11.5. The number of carboxylic acid groups (broad SMARTS) is 1. The molecule has 4 heteroatoms. The molecule has 5 aliphatic rings. The minimum Gasteiger partial charge on any atom is -0.480 e. The van der Waals surface area contributed by atoms with Gasteiger partial charge in [-0.15, -0.1) is 0 Å². The van der Waals surface area contributed by atoms with Gasteiger partial charge < -0.3 is 10.0 Å². The van der Waals surface area contributed by atoms with Gasteiger partial charge in [-0.1, -0.05) is 6.42 Å². The average molecular weight is 264 g/mol. The van der Waals surface area contributed by atoms with E-state index in [1.807, 2.05) is 0 Å². The van der Waals surface area contributed by atoms with E-state index >= 15 is 0 Å². The Balaban J connectivity index is 1.58. The van der Waals surface area contributed by atoms with Crippen molar-refractivity contribution in [1.29, 1.82) is 0 Å². The summed E-state index contributed by atoms with van der Waals surface area (Å²) in [4.78, 5) is 16.7. The summed E-state index contributed by atoms with van der Waals surface area (Å²) in [6, 6.07) is 0.340. The summed E-state index contributed by atoms with van der Waals surface area (Å²) in [6.45, 7) is 4.64. The van der Waals surface area contributed by atoms with Crippen LogP contribution in [0.4, 0.5) is 0 Å². The third-order valence-corrected chi connectivity index (χ3v) is 6.23. The fraction of sp³-hybridized carbons (Fsp3) is 0.933. The first-order chi connectivity index (χ1) is 9.24. The predicted octanol–water partition coefficient (Wildman–Crippen LogP) is 1.27. The summed E-state index contributed by atoms with van der Waals surface area (Å²) in [7, 11) is 0. The Kier molecular flexibility index (Phi) is 2.85. The van der Waals surface area contributed by atoms with E-state index in [4.69, 9.17) is 0 Å². The van der Waals surface area contributed by atoms with Gasteiger partial charge in [0, 0.05) is 19.1 Å². The number of fused-ring (bicyclic) bond motifs is 4. The van der Waals surface area contributed by atoms with Crippen molar-refractivity contribution in [3.05, 3.63) is 0 Å². The number of piperidine rings is 3. The molecule has 2 bridgehead atoms. The van der Waals surface area contributed by atoms with E-state index in [9.17, 15) is 9.90 Å². The highest BCUT2D eigenvalue weighted by atomic mass is 16.4. The summed E-state index contributed by atoms with van der Waals surface area (Å²) in [5.74, 6) is 1.29. The molecule has 1 N–H and O–H groups in total. The van der Waals surface area contributed by atoms with Gasteiger partial charge in [-0.05, 0) is 56.5 Å². The molecule has 5 rings (SSSR count). The van der Waals surface area contributed by atoms with Crippen molar-refractivity contribution in [3.63, 3.8) is 0 Å². The van der Waals surface area contributed by atoms with Gasteiger partial charge in [0.1, 0.15) is 6.04 Å². The molecule has 0 aromatic carbocycles. The molecule has 5 fully saturated rings. The zero-order chi connectivity index (χ0) is 13.0. The van der Waals surface area contributed by atoms with Gasteiger partial charge in [0.05, 0.1) is 0 Å². The number of carboxylic acids is 1. The lowest BCUT2D eigenvalue weighted by Crippen LogP contribution is -2.59. The maximum Gasteiger partial charge on any atom is 0.321 e. The number of nitrogens with zero attached hydrogens (tertiary/aromatic N) is 2. The molecule has 19 heavy (non-hydrogen) atoms. The van der Waals surface area contributed by atoms with E-state index in [-0.39, 0.29) is 6.04 Å². The van der Waals surface area contributed by atoms with Crippen molar-refractivity contribution in [2.75, 3.05) is 26.2 Å². The Labute approximate surface area is 114 Å². The van der Waals surface area contributed by atoms with Gasteiger partial charge in [-0.3, -0.25) is 9.69 Å². The van der Waals surface area contributed by atoms with Crippen LogP contribution in [-0.2, 0) is 4.79 Å². The number of aliphatic carboxylic acids is 1. The molecule has 0 spiro atoms. The first kappa shape index (κ1) is 12.2. The van der Waals surface area contributed by atoms with Gasteiger partial charge in [0.25, 0.3) is 0 Å². The molecule has 0 aromatic heterocycles. The highest BCUT2D eigenvalue weighted by molar-refractivity contribution is 5.74. The summed E-state index contributed by atoms with van der Waals surface area (Å²) in [6.07, 6.45) is 6.20. The molecule has 1 saturated carbocycles. The number of hydrogen-bond donors (Lipinski definition) is 1. The molecular weight excluding hydrogens is 240 g/mol. The molecule has 0 aromatic rings. The summed E-state index contributed by atoms with van der Waals surface area (Å²) in [5.41, 5.74) is 0. The van der Waals surface area contributed by atoms with Crippen molar-refractivity contribution in [1.82, 2.24) is 9.80 Å². The van der Waals surface area contributed by atoms with Crippen LogP contribution in [0.1, 0.15) is 32.1 Å². The standard InChI is InChI=1S/C15H24N2O2/c18-15(19)14-12-3-1-2-11(12)8-17(14)13-9-16-6-4-10(13)5-7-16/h10-14H,1-9H2,(H,18,19). The Morgan fingerprint density at radius 3 is 2.42 bits per heavy atom. The normalized spacial score (nSPS) is 49.5. The topological polar surface area (TPSA) is 43.8 Å². The van der Waals surface area contributed by atoms with Crippen molar-refractivity contribution < 1.29 is 9.90 Å². The summed E-state index contributed by atoms with van der Waals surface area (Å²) in [5, 5.41) is 9.68. The third-order valence-electron chi connectivity index (χ3n) is 6.23. The summed E-state index contributed by atoms with van der Waals surface area (Å²) >= 11 is 0. The van der Waals surface area contributed by atoms with Gasteiger partial charge in [-0.25, -0.2) is 0 Å². The van der Waals surface area contributed by atoms with Crippen LogP contribution in [0.15, 0.2) is 0 Å². The van der Waals surface area contributed by atoms with Crippen molar-refractivity contribution in [3.8, 4) is 0 Å². The van der Waals surface area contributed by atoms with Crippen LogP contribution < -0.4 is 0 Å². The fourth-order valence-corrected chi connectivity index (χ4v) is 5.31. The lowest BCUT2D eigenvalue weighted by molar-refractivity contribution is -0.146. The Bertz CT molecular complexity index is 378. The Morgan fingerprint density at radius 1 is 1.00 bits per heavy atom. The van der Waals surface area contributed by atoms with Crippen LogP contribution in [0.2, 0.25) is 0 Å². The van der Waals surface area contributed by atoms with E-state index in [1.54, 1.807) is 0 Å². The first-order valence-corrected chi connectivity index (χ1v) is 7.95. The number of likely N-dealkylation sites (tertiary alicyclic amines) is 1. The van der Waals surface area contributed by atoms with Crippen molar-refractivity contribution in [2.45, 2.75) is 44.2 Å². The third kappa shape index (κ3) is 1.83. The van der Waals surface area contributed by atoms with E-state index in [2.05, 4.69) is 9.80 Å². The zero-order valence-electron chi connectivity index (χ0n) is 11.5. The van der Waals surface area contributed by atoms with Crippen LogP contribution in [-0.4, -0.2) is 59.1 Å². The van der Waals surface area contributed by atoms with E-state index in [0.29, 0.717) is 17.9 Å². The van der Waals surface area contributed by atoms with E-state index in [1.165, 1.54) is 38.8 Å². The van der Waals surface area contributed by atoms with Crippen LogP contribution >= 0.6 is 0 Å². The molecule has 4 unspecified atom stereocenters. The Morgan fingerprint density at radius 2 is 1.79 bits per heavy atom. The fourth-order valence-electron chi connectivity index (χ4n) is 5.31. The van der Waals surface area contributed by atoms with Gasteiger partial charge in [0.15, 0.2) is 0 Å². The van der Waals surface area contributed by atoms with Crippen LogP contribution in [0.25, 0.3) is 0 Å². The highest BCUT2D eigenvalue weighted by Crippen LogP contribution is 2.45. The van der Waals surface area contributed by atoms with Gasteiger partial charge in [0.2, 0.25) is 0 Å². The van der Waals surface area contributed by atoms with Crippen LogP contribution in [0.3, 0.4) is 0 Å². The van der Waals surface area contributed by atoms with Crippen LogP contribution in [0, 0.1) is 17.8 Å². The molecule has 4 nitrogen and oxygen atoms in total.